The van der Waals surface area contributed by atoms with Crippen LogP contribution in [0.25, 0.3) is 0 Å². The van der Waals surface area contributed by atoms with E-state index in [0.717, 1.165) is 10.6 Å². The molecule has 0 saturated heterocycles. The average Bonchev–Trinajstić information content (AvgIpc) is 1.62. The van der Waals surface area contributed by atoms with Crippen LogP contribution in [0.2, 0.25) is 0 Å². The smallest absolute Gasteiger partial charge is 0.210 e. The van der Waals surface area contributed by atoms with Crippen LogP contribution < -0.4 is 0 Å². The molecule has 0 aliphatic carbocycles. The molecule has 0 rings (SSSR count). The van der Waals surface area contributed by atoms with Gasteiger partial charge in [0.05, 0.1) is 6.26 Å². The Bertz CT molecular complexity index is 175. The van der Waals surface area contributed by atoms with Gasteiger partial charge in [0, 0.05) is 14.9 Å². The van der Waals surface area contributed by atoms with Gasteiger partial charge >= 0.3 is 0 Å². The number of sulfonamides is 1. The van der Waals surface area contributed by atoms with E-state index in [9.17, 15) is 8.42 Å². The second kappa shape index (κ2) is 2.46. The van der Waals surface area contributed by atoms with Gasteiger partial charge in [-0.3, -0.25) is 0 Å². The largest absolute Gasteiger partial charge is 0.213 e. The van der Waals surface area contributed by atoms with Crippen LogP contribution in [0.5, 0.6) is 0 Å². The Morgan fingerprint density at radius 3 is 2.12 bits per heavy atom. The fourth-order valence-electron chi connectivity index (χ4n) is 0.191. The third-order valence-electron chi connectivity index (χ3n) is 0.887. The summed E-state index contributed by atoms with van der Waals surface area (Å²) in [5.74, 6) is 0. The number of hydrogen-bond acceptors (Lipinski definition) is 2. The molecule has 0 fully saturated rings. The lowest BCUT2D eigenvalue weighted by molar-refractivity contribution is 0.492. The maximum absolute atomic E-state index is 10.6. The van der Waals surface area contributed by atoms with E-state index in [0.29, 0.717) is 0 Å². The van der Waals surface area contributed by atoms with Gasteiger partial charge in [0.25, 0.3) is 0 Å². The Kier molecular flexibility index (Phi) is 1.85. The summed E-state index contributed by atoms with van der Waals surface area (Å²) < 4.78 is 29.1. The third-order valence-corrected chi connectivity index (χ3v) is 2.14. The van der Waals surface area contributed by atoms with Gasteiger partial charge in [-0.25, -0.2) is 12.7 Å². The molecule has 0 aromatic rings. The Morgan fingerprint density at radius 1 is 1.75 bits per heavy atom. The minimum Gasteiger partial charge on any atom is -0.213 e. The molecule has 0 amide bonds. The van der Waals surface area contributed by atoms with Crippen LogP contribution in [0, 0.1) is 0 Å². The highest BCUT2D eigenvalue weighted by molar-refractivity contribution is 7.88. The Morgan fingerprint density at radius 2 is 2.12 bits per heavy atom. The molecule has 0 radical (unpaired) electrons. The number of nitrogens with zero attached hydrogens (tertiary/aromatic N) is 1. The first-order valence-electron chi connectivity index (χ1n) is 2.78. The summed E-state index contributed by atoms with van der Waals surface area (Å²) in [6.45, 7) is 0.807. The highest BCUT2D eigenvalue weighted by Crippen LogP contribution is 1.88. The summed E-state index contributed by atoms with van der Waals surface area (Å²) in [5.41, 5.74) is 0. The average molecular weight is 138 g/mol. The summed E-state index contributed by atoms with van der Waals surface area (Å²) >= 11 is 0. The molecule has 4 heteroatoms. The second-order valence-electron chi connectivity index (χ2n) is 1.54. The molecule has 0 aromatic heterocycles. The van der Waals surface area contributed by atoms with Crippen molar-refractivity contribution >= 4 is 10.0 Å². The molecule has 1 unspecified atom stereocenters. The summed E-state index contributed by atoms with van der Waals surface area (Å²) in [7, 11) is -1.77. The molecular formula is C4H11NO2S. The minimum atomic E-state index is -3.16. The lowest BCUT2D eigenvalue weighted by Crippen LogP contribution is -2.24. The van der Waals surface area contributed by atoms with Crippen LogP contribution in [0.3, 0.4) is 0 Å². The van der Waals surface area contributed by atoms with E-state index < -0.39 is 16.5 Å². The minimum absolute atomic E-state index is 0.694. The second-order valence-corrected chi connectivity index (χ2v) is 3.58. The molecule has 0 N–H and O–H groups in total. The topological polar surface area (TPSA) is 37.4 Å². The maximum atomic E-state index is 10.6. The molecule has 8 heavy (non-hydrogen) atoms. The molecule has 1 atom stereocenters. The zero-order valence-corrected chi connectivity index (χ0v) is 6.07. The van der Waals surface area contributed by atoms with Gasteiger partial charge in [-0.2, -0.15) is 0 Å². The Balaban J connectivity index is 4.24. The molecule has 0 spiro atoms. The fraction of sp³-hybridized carbons (Fsp3) is 1.00. The van der Waals surface area contributed by atoms with Crippen molar-refractivity contribution < 1.29 is 9.79 Å². The highest BCUT2D eigenvalue weighted by atomic mass is 32.2. The van der Waals surface area contributed by atoms with E-state index in [1.807, 2.05) is 0 Å². The van der Waals surface area contributed by atoms with Crippen molar-refractivity contribution in [2.45, 2.75) is 6.92 Å². The SMILES string of the molecule is [2H]C(C)N(C)S(C)(=O)=O. The molecule has 0 bridgehead atoms. The van der Waals surface area contributed by atoms with Crippen molar-refractivity contribution in [3.63, 3.8) is 0 Å². The van der Waals surface area contributed by atoms with E-state index in [1.54, 1.807) is 0 Å². The van der Waals surface area contributed by atoms with E-state index in [1.165, 1.54) is 14.0 Å². The standard InChI is InChI=1S/C4H11NO2S/c1-4-5(2)8(3,6)7/h4H2,1-3H3/i4D. The Labute approximate surface area is 51.8 Å². The van der Waals surface area contributed by atoms with E-state index in [-0.39, 0.29) is 0 Å². The summed E-state index contributed by atoms with van der Waals surface area (Å²) in [4.78, 5) is 0. The van der Waals surface area contributed by atoms with Gasteiger partial charge in [-0.05, 0) is 0 Å². The summed E-state index contributed by atoms with van der Waals surface area (Å²) in [5, 5.41) is 0. The van der Waals surface area contributed by atoms with Gasteiger partial charge in [-0.1, -0.05) is 6.92 Å². The van der Waals surface area contributed by atoms with E-state index in [2.05, 4.69) is 0 Å². The summed E-state index contributed by atoms with van der Waals surface area (Å²) in [6.07, 6.45) is 1.08. The van der Waals surface area contributed by atoms with Crippen molar-refractivity contribution in [2.75, 3.05) is 19.8 Å². The zero-order valence-electron chi connectivity index (χ0n) is 6.25. The van der Waals surface area contributed by atoms with Crippen LogP contribution >= 0.6 is 0 Å². The maximum Gasteiger partial charge on any atom is 0.210 e. The zero-order chi connectivity index (χ0) is 7.65. The quantitative estimate of drug-likeness (QED) is 0.534. The van der Waals surface area contributed by atoms with Crippen LogP contribution in [0.4, 0.5) is 0 Å². The van der Waals surface area contributed by atoms with Crippen molar-refractivity contribution in [1.82, 2.24) is 4.31 Å². The van der Waals surface area contributed by atoms with E-state index in [4.69, 9.17) is 1.37 Å². The van der Waals surface area contributed by atoms with Crippen LogP contribution in [-0.2, 0) is 10.0 Å². The van der Waals surface area contributed by atoms with Gasteiger partial charge in [0.15, 0.2) is 0 Å². The van der Waals surface area contributed by atoms with Crippen molar-refractivity contribution in [3.8, 4) is 0 Å². The van der Waals surface area contributed by atoms with Gasteiger partial charge in [-0.15, -0.1) is 0 Å². The summed E-state index contributed by atoms with van der Waals surface area (Å²) in [6, 6.07) is 0. The molecule has 0 aliphatic heterocycles. The van der Waals surface area contributed by atoms with Crippen LogP contribution in [0.15, 0.2) is 0 Å². The predicted molar refractivity (Wildman–Crippen MR) is 33.1 cm³/mol. The van der Waals surface area contributed by atoms with Crippen LogP contribution in [0.1, 0.15) is 8.29 Å². The predicted octanol–water partition coefficient (Wildman–Crippen LogP) is -0.102. The Hall–Kier alpha value is -0.0900. The van der Waals surface area contributed by atoms with Crippen molar-refractivity contribution in [2.24, 2.45) is 0 Å². The monoisotopic (exact) mass is 138 g/mol. The first-order valence-corrected chi connectivity index (χ1v) is 4.06. The molecular weight excluding hydrogens is 126 g/mol. The molecule has 3 nitrogen and oxygen atoms in total. The van der Waals surface area contributed by atoms with Crippen molar-refractivity contribution in [1.29, 1.82) is 0 Å². The van der Waals surface area contributed by atoms with Crippen molar-refractivity contribution in [3.05, 3.63) is 0 Å². The van der Waals surface area contributed by atoms with Gasteiger partial charge in [0.1, 0.15) is 0 Å². The number of rotatable bonds is 2. The van der Waals surface area contributed by atoms with Gasteiger partial charge in [0.2, 0.25) is 10.0 Å². The molecule has 0 aliphatic rings. The first-order chi connectivity index (χ1) is 3.85. The number of hydrogen-bond donors (Lipinski definition) is 0. The highest BCUT2D eigenvalue weighted by Gasteiger charge is 2.05. The first kappa shape index (κ1) is 6.04. The fourth-order valence-corrected chi connectivity index (χ4v) is 0.574. The normalized spacial score (nSPS) is 18.2. The van der Waals surface area contributed by atoms with Crippen LogP contribution in [-0.4, -0.2) is 32.5 Å². The lowest BCUT2D eigenvalue weighted by Gasteiger charge is -2.08. The lowest BCUT2D eigenvalue weighted by atomic mass is 10.8. The van der Waals surface area contributed by atoms with Gasteiger partial charge < -0.3 is 0 Å². The molecule has 50 valence electrons. The van der Waals surface area contributed by atoms with E-state index >= 15 is 0 Å². The molecule has 0 heterocycles. The molecule has 0 aromatic carbocycles. The third kappa shape index (κ3) is 2.28. The molecule has 0 saturated carbocycles.